The van der Waals surface area contributed by atoms with Crippen LogP contribution in [0.25, 0.3) is 0 Å². The van der Waals surface area contributed by atoms with E-state index < -0.39 is 90.5 Å². The molecule has 2 fully saturated rings. The lowest BCUT2D eigenvalue weighted by molar-refractivity contribution is -0.0907. The summed E-state index contributed by atoms with van der Waals surface area (Å²) in [6, 6.07) is 11.9. The zero-order chi connectivity index (χ0) is 35.0. The SMILES string of the molecule is [2H]C1([2H])CO[C@@H]2OC[C@H](OC(=O)N[C@@H](Cc3ccccc3)[C@H](O)CN(CC([2H])(C([2H])([2H])[2H])C([2H])([2H])[2H])S(=O)(=O)c3ccc(N)cc3)[C@@H]21. The predicted molar refractivity (Wildman–Crippen MR) is 142 cm³/mol. The Morgan fingerprint density at radius 3 is 2.68 bits per heavy atom. The Kier molecular flexibility index (Phi) is 6.08. The van der Waals surface area contributed by atoms with Crippen LogP contribution in [-0.2, 0) is 30.7 Å². The maximum Gasteiger partial charge on any atom is 0.407 e. The molecule has 10 nitrogen and oxygen atoms in total. The topological polar surface area (TPSA) is 140 Å². The molecule has 208 valence electrons. The number of sulfonamides is 1. The minimum Gasteiger partial charge on any atom is -0.443 e. The Bertz CT molecular complexity index is 1480. The molecule has 2 saturated heterocycles. The number of amides is 1. The van der Waals surface area contributed by atoms with Gasteiger partial charge in [-0.3, -0.25) is 0 Å². The number of carbonyl (C=O) groups excluding carboxylic acids is 1. The highest BCUT2D eigenvalue weighted by molar-refractivity contribution is 7.89. The second-order valence-corrected chi connectivity index (χ2v) is 11.0. The molecule has 11 heteroatoms. The zero-order valence-electron chi connectivity index (χ0n) is 29.4. The van der Waals surface area contributed by atoms with Crippen LogP contribution in [0.15, 0.2) is 59.5 Å². The minimum atomic E-state index is -4.76. The number of alkyl carbamates (subject to hydrolysis) is 1. The Morgan fingerprint density at radius 2 is 1.97 bits per heavy atom. The van der Waals surface area contributed by atoms with E-state index in [1.54, 1.807) is 30.3 Å². The van der Waals surface area contributed by atoms with E-state index in [4.69, 9.17) is 32.3 Å². The fourth-order valence-electron chi connectivity index (χ4n) is 4.31. The summed E-state index contributed by atoms with van der Waals surface area (Å²) in [7, 11) is -4.76. The number of anilines is 1. The van der Waals surface area contributed by atoms with E-state index in [0.29, 0.717) is 9.87 Å². The van der Waals surface area contributed by atoms with Crippen LogP contribution in [-0.4, -0.2) is 74.8 Å². The quantitative estimate of drug-likeness (QED) is 0.359. The molecule has 0 aromatic heterocycles. The molecule has 5 atom stereocenters. The van der Waals surface area contributed by atoms with Crippen molar-refractivity contribution in [3.63, 3.8) is 0 Å². The summed E-state index contributed by atoms with van der Waals surface area (Å²) in [6.45, 7) is -9.70. The van der Waals surface area contributed by atoms with Gasteiger partial charge in [0, 0.05) is 31.1 Å². The lowest BCUT2D eigenvalue weighted by Crippen LogP contribution is -2.51. The van der Waals surface area contributed by atoms with E-state index in [1.807, 2.05) is 0 Å². The highest BCUT2D eigenvalue weighted by Gasteiger charge is 2.44. The molecule has 2 aromatic rings. The van der Waals surface area contributed by atoms with E-state index in [1.165, 1.54) is 12.1 Å². The number of nitrogens with zero attached hydrogens (tertiary/aromatic N) is 1. The lowest BCUT2D eigenvalue weighted by Gasteiger charge is -2.31. The van der Waals surface area contributed by atoms with Crippen molar-refractivity contribution in [1.82, 2.24) is 9.62 Å². The summed E-state index contributed by atoms with van der Waals surface area (Å²) < 4.78 is 116. The molecule has 38 heavy (non-hydrogen) atoms. The number of nitrogen functional groups attached to an aromatic ring is 1. The van der Waals surface area contributed by atoms with Gasteiger partial charge in [-0.25, -0.2) is 13.2 Å². The molecule has 2 heterocycles. The first-order valence-electron chi connectivity index (χ1n) is 16.4. The summed E-state index contributed by atoms with van der Waals surface area (Å²) in [5.41, 5.74) is 6.49. The van der Waals surface area contributed by atoms with E-state index in [2.05, 4.69) is 5.32 Å². The van der Waals surface area contributed by atoms with Gasteiger partial charge in [0.05, 0.1) is 36.2 Å². The molecule has 0 spiro atoms. The van der Waals surface area contributed by atoms with E-state index >= 15 is 0 Å². The minimum absolute atomic E-state index is 0.0887. The van der Waals surface area contributed by atoms with E-state index in [9.17, 15) is 18.3 Å². The van der Waals surface area contributed by atoms with Gasteiger partial charge in [0.1, 0.15) is 6.10 Å². The molecule has 4 rings (SSSR count). The van der Waals surface area contributed by atoms with Gasteiger partial charge in [0.2, 0.25) is 10.0 Å². The second kappa shape index (κ2) is 12.4. The van der Waals surface area contributed by atoms with Crippen LogP contribution in [0.5, 0.6) is 0 Å². The second-order valence-electron chi connectivity index (χ2n) is 9.04. The predicted octanol–water partition coefficient (Wildman–Crippen LogP) is 2.38. The van der Waals surface area contributed by atoms with Gasteiger partial charge in [0.15, 0.2) is 6.29 Å². The van der Waals surface area contributed by atoms with Crippen molar-refractivity contribution < 1.29 is 44.9 Å². The van der Waals surface area contributed by atoms with Crippen LogP contribution in [0.4, 0.5) is 10.5 Å². The van der Waals surface area contributed by atoms with Gasteiger partial charge in [-0.1, -0.05) is 44.0 Å². The first-order valence-corrected chi connectivity index (χ1v) is 13.4. The summed E-state index contributed by atoms with van der Waals surface area (Å²) >= 11 is 0. The van der Waals surface area contributed by atoms with Gasteiger partial charge < -0.3 is 30.4 Å². The monoisotopic (exact) mass is 556 g/mol. The number of nitrogens with one attached hydrogen (secondary N) is 1. The molecule has 0 unspecified atom stereocenters. The smallest absolute Gasteiger partial charge is 0.407 e. The molecule has 4 N–H and O–H groups in total. The standard InChI is InChI=1S/C27H37N3O7S/c1-18(2)15-30(38(33,34)21-10-8-20(28)9-11-21)16-24(31)23(14-19-6-4-3-5-7-19)29-27(32)37-25-17-36-26-22(25)12-13-35-26/h3-11,18,22-26,31H,12-17,28H2,1-2H3,(H,29,32)/t22-,23-,24+,25-,26+/m0/s1/i1D3,2D3,12D2,18D. The molecule has 2 aromatic carbocycles. The maximum atomic E-state index is 13.9. The number of aliphatic hydroxyl groups excluding tert-OH is 1. The van der Waals surface area contributed by atoms with Crippen molar-refractivity contribution in [3.05, 3.63) is 60.2 Å². The highest BCUT2D eigenvalue weighted by Crippen LogP contribution is 2.33. The van der Waals surface area contributed by atoms with Crippen LogP contribution in [0.2, 0.25) is 0 Å². The van der Waals surface area contributed by atoms with Gasteiger partial charge in [-0.05, 0) is 48.5 Å². The molecular formula is C27H37N3O7S. The first-order chi connectivity index (χ1) is 21.7. The number of nitrogens with two attached hydrogens (primary N) is 1. The van der Waals surface area contributed by atoms with Crippen molar-refractivity contribution in [1.29, 1.82) is 0 Å². The number of aliphatic hydroxyl groups is 1. The van der Waals surface area contributed by atoms with Crippen molar-refractivity contribution in [2.75, 3.05) is 32.0 Å². The van der Waals surface area contributed by atoms with E-state index in [0.717, 1.165) is 12.1 Å². The number of benzene rings is 2. The molecule has 0 saturated carbocycles. The Morgan fingerprint density at radius 1 is 1.24 bits per heavy atom. The molecule has 0 radical (unpaired) electrons. The zero-order valence-corrected chi connectivity index (χ0v) is 21.3. The summed E-state index contributed by atoms with van der Waals surface area (Å²) in [5.74, 6) is -4.24. The van der Waals surface area contributed by atoms with E-state index in [-0.39, 0.29) is 25.3 Å². The molecule has 0 bridgehead atoms. The van der Waals surface area contributed by atoms with Gasteiger partial charge in [-0.15, -0.1) is 0 Å². The van der Waals surface area contributed by atoms with Gasteiger partial charge in [0.25, 0.3) is 0 Å². The van der Waals surface area contributed by atoms with Crippen LogP contribution < -0.4 is 11.1 Å². The lowest BCUT2D eigenvalue weighted by atomic mass is 10.0. The van der Waals surface area contributed by atoms with Crippen molar-refractivity contribution >= 4 is 21.8 Å². The first kappa shape index (κ1) is 18.6. The Labute approximate surface area is 236 Å². The number of ether oxygens (including phenoxy) is 3. The third kappa shape index (κ3) is 7.03. The normalized spacial score (nSPS) is 28.6. The third-order valence-electron chi connectivity index (χ3n) is 6.25. The molecule has 1 amide bonds. The fourth-order valence-corrected chi connectivity index (χ4v) is 5.73. The summed E-state index contributed by atoms with van der Waals surface area (Å²) in [6.07, 6.45) is -6.79. The number of hydrogen-bond donors (Lipinski definition) is 3. The van der Waals surface area contributed by atoms with Crippen molar-refractivity contribution in [2.45, 2.75) is 55.9 Å². The van der Waals surface area contributed by atoms with Crippen LogP contribution in [0.1, 0.15) is 38.0 Å². The average Bonchev–Trinajstić information content (AvgIpc) is 3.51. The average molecular weight is 557 g/mol. The van der Waals surface area contributed by atoms with Crippen LogP contribution in [0.3, 0.4) is 0 Å². The number of rotatable bonds is 11. The molecule has 2 aliphatic heterocycles. The summed E-state index contributed by atoms with van der Waals surface area (Å²) in [4.78, 5) is 12.7. The number of fused-ring (bicyclic) bond motifs is 1. The van der Waals surface area contributed by atoms with Gasteiger partial charge >= 0.3 is 6.09 Å². The Hall–Kier alpha value is -2.70. The van der Waals surface area contributed by atoms with Crippen LogP contribution in [0, 0.1) is 11.8 Å². The van der Waals surface area contributed by atoms with Gasteiger partial charge in [-0.2, -0.15) is 4.31 Å². The largest absolute Gasteiger partial charge is 0.443 e. The molecule has 2 aliphatic rings. The molecule has 0 aliphatic carbocycles. The van der Waals surface area contributed by atoms with Crippen molar-refractivity contribution in [2.24, 2.45) is 11.8 Å². The Balaban J connectivity index is 1.65. The number of carbonyl (C=O) groups is 1. The maximum absolute atomic E-state index is 13.9. The summed E-state index contributed by atoms with van der Waals surface area (Å²) in [5, 5.41) is 14.0. The van der Waals surface area contributed by atoms with Crippen LogP contribution >= 0.6 is 0 Å². The fraction of sp³-hybridized carbons (Fsp3) is 0.519. The highest BCUT2D eigenvalue weighted by atomic mass is 32.2. The third-order valence-corrected chi connectivity index (χ3v) is 8.08. The molecular weight excluding hydrogens is 510 g/mol. The van der Waals surface area contributed by atoms with Crippen molar-refractivity contribution in [3.8, 4) is 0 Å². The number of hydrogen-bond acceptors (Lipinski definition) is 8.